The third-order valence-electron chi connectivity index (χ3n) is 3.23. The topological polar surface area (TPSA) is 41.5 Å². The van der Waals surface area contributed by atoms with Crippen LogP contribution in [0.25, 0.3) is 0 Å². The van der Waals surface area contributed by atoms with Crippen molar-refractivity contribution in [2.75, 3.05) is 19.0 Å². The van der Waals surface area contributed by atoms with Crippen molar-refractivity contribution in [1.29, 1.82) is 0 Å². The maximum absolute atomic E-state index is 9.42. The van der Waals surface area contributed by atoms with Crippen molar-refractivity contribution in [3.05, 3.63) is 23.8 Å². The highest BCUT2D eigenvalue weighted by Gasteiger charge is 2.34. The summed E-state index contributed by atoms with van der Waals surface area (Å²) in [6.07, 6.45) is 1.81. The van der Waals surface area contributed by atoms with Crippen LogP contribution in [0.15, 0.2) is 18.2 Å². The van der Waals surface area contributed by atoms with E-state index in [1.165, 1.54) is 5.56 Å². The fraction of sp³-hybridized carbons (Fsp3) is 0.500. The molecule has 0 bridgehead atoms. The summed E-state index contributed by atoms with van der Waals surface area (Å²) in [5.74, 6) is 0.853. The fourth-order valence-corrected chi connectivity index (χ4v) is 2.07. The van der Waals surface area contributed by atoms with Crippen molar-refractivity contribution in [3.8, 4) is 5.75 Å². The Morgan fingerprint density at radius 1 is 1.53 bits per heavy atom. The molecule has 1 unspecified atom stereocenters. The Morgan fingerprint density at radius 3 is 2.93 bits per heavy atom. The lowest BCUT2D eigenvalue weighted by atomic mass is 9.93. The molecule has 1 aliphatic heterocycles. The van der Waals surface area contributed by atoms with Gasteiger partial charge in [0.1, 0.15) is 5.75 Å². The first-order valence-electron chi connectivity index (χ1n) is 5.29. The van der Waals surface area contributed by atoms with Crippen molar-refractivity contribution in [1.82, 2.24) is 0 Å². The van der Waals surface area contributed by atoms with Gasteiger partial charge in [-0.05, 0) is 24.5 Å². The second-order valence-corrected chi connectivity index (χ2v) is 4.12. The highest BCUT2D eigenvalue weighted by atomic mass is 16.5. The molecule has 1 atom stereocenters. The van der Waals surface area contributed by atoms with Crippen molar-refractivity contribution < 1.29 is 9.84 Å². The van der Waals surface area contributed by atoms with E-state index in [0.717, 1.165) is 24.3 Å². The number of hydrogen-bond donors (Lipinski definition) is 2. The molecule has 1 aromatic rings. The van der Waals surface area contributed by atoms with Gasteiger partial charge in [0.2, 0.25) is 0 Å². The van der Waals surface area contributed by atoms with Gasteiger partial charge in [0, 0.05) is 11.8 Å². The Labute approximate surface area is 90.1 Å². The van der Waals surface area contributed by atoms with Crippen molar-refractivity contribution >= 4 is 5.69 Å². The smallest absolute Gasteiger partial charge is 0.120 e. The average molecular weight is 207 g/mol. The Kier molecular flexibility index (Phi) is 2.57. The third-order valence-corrected chi connectivity index (χ3v) is 3.23. The molecular formula is C12H17NO2. The standard InChI is InChI=1S/C12H17NO2/c1-3-12(8-14)7-9-4-5-10(15-2)6-11(9)13-12/h4-6,13-14H,3,7-8H2,1-2H3. The molecular weight excluding hydrogens is 190 g/mol. The van der Waals surface area contributed by atoms with Crippen molar-refractivity contribution in [2.24, 2.45) is 0 Å². The van der Waals surface area contributed by atoms with E-state index in [9.17, 15) is 5.11 Å². The summed E-state index contributed by atoms with van der Waals surface area (Å²) in [7, 11) is 1.66. The van der Waals surface area contributed by atoms with Crippen LogP contribution in [0.1, 0.15) is 18.9 Å². The van der Waals surface area contributed by atoms with Gasteiger partial charge in [-0.25, -0.2) is 0 Å². The molecule has 1 aromatic carbocycles. The van der Waals surface area contributed by atoms with Crippen molar-refractivity contribution in [2.45, 2.75) is 25.3 Å². The lowest BCUT2D eigenvalue weighted by Crippen LogP contribution is -2.39. The number of aliphatic hydroxyl groups is 1. The van der Waals surface area contributed by atoms with Gasteiger partial charge in [0.25, 0.3) is 0 Å². The Bertz CT molecular complexity index is 359. The van der Waals surface area contributed by atoms with Crippen LogP contribution in [0.2, 0.25) is 0 Å². The molecule has 0 radical (unpaired) electrons. The van der Waals surface area contributed by atoms with Gasteiger partial charge in [-0.2, -0.15) is 0 Å². The highest BCUT2D eigenvalue weighted by Crippen LogP contribution is 2.36. The average Bonchev–Trinajstić information content (AvgIpc) is 2.67. The van der Waals surface area contributed by atoms with Crippen LogP contribution in [0.3, 0.4) is 0 Å². The molecule has 2 N–H and O–H groups in total. The molecule has 3 nitrogen and oxygen atoms in total. The molecule has 0 aliphatic carbocycles. The normalized spacial score (nSPS) is 23.4. The van der Waals surface area contributed by atoms with E-state index in [2.05, 4.69) is 18.3 Å². The van der Waals surface area contributed by atoms with E-state index in [-0.39, 0.29) is 12.1 Å². The van der Waals surface area contributed by atoms with E-state index >= 15 is 0 Å². The minimum absolute atomic E-state index is 0.167. The van der Waals surface area contributed by atoms with E-state index in [0.29, 0.717) is 0 Å². The number of fused-ring (bicyclic) bond motifs is 1. The summed E-state index contributed by atoms with van der Waals surface area (Å²) in [6.45, 7) is 2.26. The van der Waals surface area contributed by atoms with E-state index < -0.39 is 0 Å². The van der Waals surface area contributed by atoms with Crippen LogP contribution < -0.4 is 10.1 Å². The predicted molar refractivity (Wildman–Crippen MR) is 60.4 cm³/mol. The van der Waals surface area contributed by atoms with E-state index in [1.54, 1.807) is 7.11 Å². The first kappa shape index (κ1) is 10.3. The summed E-state index contributed by atoms with van der Waals surface area (Å²) in [5, 5.41) is 12.8. The molecule has 15 heavy (non-hydrogen) atoms. The number of benzene rings is 1. The molecule has 82 valence electrons. The molecule has 1 heterocycles. The largest absolute Gasteiger partial charge is 0.497 e. The predicted octanol–water partition coefficient (Wildman–Crippen LogP) is 1.80. The number of anilines is 1. The molecule has 0 saturated heterocycles. The number of rotatable bonds is 3. The monoisotopic (exact) mass is 207 g/mol. The molecule has 0 fully saturated rings. The summed E-state index contributed by atoms with van der Waals surface area (Å²) in [4.78, 5) is 0. The van der Waals surface area contributed by atoms with Crippen LogP contribution in [0.5, 0.6) is 5.75 Å². The molecule has 2 rings (SSSR count). The third kappa shape index (κ3) is 1.67. The Morgan fingerprint density at radius 2 is 2.33 bits per heavy atom. The van der Waals surface area contributed by atoms with Crippen LogP contribution in [-0.2, 0) is 6.42 Å². The molecule has 0 amide bonds. The minimum Gasteiger partial charge on any atom is -0.497 e. The molecule has 3 heteroatoms. The number of hydrogen-bond acceptors (Lipinski definition) is 3. The van der Waals surface area contributed by atoms with Gasteiger partial charge in [0.15, 0.2) is 0 Å². The van der Waals surface area contributed by atoms with E-state index in [1.807, 2.05) is 12.1 Å². The summed E-state index contributed by atoms with van der Waals surface area (Å²) in [6, 6.07) is 6.01. The molecule has 1 aliphatic rings. The van der Waals surface area contributed by atoms with Gasteiger partial charge < -0.3 is 15.2 Å². The zero-order valence-electron chi connectivity index (χ0n) is 9.21. The Hall–Kier alpha value is -1.22. The number of ether oxygens (including phenoxy) is 1. The summed E-state index contributed by atoms with van der Waals surface area (Å²) in [5.41, 5.74) is 2.17. The van der Waals surface area contributed by atoms with Crippen LogP contribution in [0, 0.1) is 0 Å². The van der Waals surface area contributed by atoms with E-state index in [4.69, 9.17) is 4.74 Å². The molecule has 0 saturated carbocycles. The second-order valence-electron chi connectivity index (χ2n) is 4.12. The summed E-state index contributed by atoms with van der Waals surface area (Å²) < 4.78 is 5.17. The summed E-state index contributed by atoms with van der Waals surface area (Å²) >= 11 is 0. The van der Waals surface area contributed by atoms with Crippen LogP contribution >= 0.6 is 0 Å². The highest BCUT2D eigenvalue weighted by molar-refractivity contribution is 5.61. The lowest BCUT2D eigenvalue weighted by Gasteiger charge is -2.25. The van der Waals surface area contributed by atoms with Crippen LogP contribution in [-0.4, -0.2) is 24.4 Å². The maximum atomic E-state index is 9.42. The van der Waals surface area contributed by atoms with Gasteiger partial charge >= 0.3 is 0 Å². The zero-order chi connectivity index (χ0) is 10.9. The number of methoxy groups -OCH3 is 1. The first-order valence-corrected chi connectivity index (χ1v) is 5.29. The fourth-order valence-electron chi connectivity index (χ4n) is 2.07. The second kappa shape index (κ2) is 3.74. The zero-order valence-corrected chi connectivity index (χ0v) is 9.21. The first-order chi connectivity index (χ1) is 7.23. The van der Waals surface area contributed by atoms with Crippen LogP contribution in [0.4, 0.5) is 5.69 Å². The van der Waals surface area contributed by atoms with Gasteiger partial charge in [0.05, 0.1) is 19.3 Å². The minimum atomic E-state index is -0.172. The van der Waals surface area contributed by atoms with Gasteiger partial charge in [-0.3, -0.25) is 0 Å². The number of nitrogens with one attached hydrogen (secondary N) is 1. The Balaban J connectivity index is 2.30. The van der Waals surface area contributed by atoms with Crippen molar-refractivity contribution in [3.63, 3.8) is 0 Å². The SMILES string of the molecule is CCC1(CO)Cc2ccc(OC)cc2N1. The lowest BCUT2D eigenvalue weighted by molar-refractivity contribution is 0.211. The van der Waals surface area contributed by atoms with Gasteiger partial charge in [-0.15, -0.1) is 0 Å². The quantitative estimate of drug-likeness (QED) is 0.794. The number of aliphatic hydroxyl groups excluding tert-OH is 1. The maximum Gasteiger partial charge on any atom is 0.120 e. The molecule has 0 aromatic heterocycles. The van der Waals surface area contributed by atoms with Gasteiger partial charge in [-0.1, -0.05) is 13.0 Å². The molecule has 0 spiro atoms.